The van der Waals surface area contributed by atoms with Gasteiger partial charge in [0.15, 0.2) is 0 Å². The van der Waals surface area contributed by atoms with Crippen molar-refractivity contribution in [3.63, 3.8) is 0 Å². The topological polar surface area (TPSA) is 42.2 Å². The first-order valence-electron chi connectivity index (χ1n) is 4.89. The summed E-state index contributed by atoms with van der Waals surface area (Å²) in [5.41, 5.74) is -1.72. The highest BCUT2D eigenvalue weighted by Crippen LogP contribution is 2.36. The Morgan fingerprint density at radius 1 is 1.50 bits per heavy atom. The minimum atomic E-state index is -4.62. The minimum absolute atomic E-state index is 0.252. The van der Waals surface area contributed by atoms with Crippen LogP contribution < -0.4 is 0 Å². The first kappa shape index (κ1) is 11.0. The Labute approximate surface area is 89.5 Å². The first-order valence-corrected chi connectivity index (χ1v) is 4.89. The Hall–Kier alpha value is -1.46. The molecule has 1 fully saturated rings. The first-order chi connectivity index (χ1) is 7.39. The molecule has 0 aromatic carbocycles. The van der Waals surface area contributed by atoms with Crippen molar-refractivity contribution in [1.82, 2.24) is 4.57 Å². The third-order valence-corrected chi connectivity index (χ3v) is 2.61. The molecule has 1 heterocycles. The number of hydrogen-bond acceptors (Lipinski definition) is 1. The highest BCUT2D eigenvalue weighted by atomic mass is 19.4. The molecule has 3 nitrogen and oxygen atoms in total. The van der Waals surface area contributed by atoms with Crippen LogP contribution in [-0.2, 0) is 12.7 Å². The van der Waals surface area contributed by atoms with Gasteiger partial charge in [0.2, 0.25) is 0 Å². The van der Waals surface area contributed by atoms with Crippen LogP contribution in [0.1, 0.15) is 28.9 Å². The molecule has 1 aromatic heterocycles. The summed E-state index contributed by atoms with van der Waals surface area (Å²) >= 11 is 0. The van der Waals surface area contributed by atoms with Crippen LogP contribution in [-0.4, -0.2) is 15.6 Å². The van der Waals surface area contributed by atoms with E-state index in [-0.39, 0.29) is 12.5 Å². The van der Waals surface area contributed by atoms with Crippen molar-refractivity contribution in [1.29, 1.82) is 0 Å². The fourth-order valence-electron chi connectivity index (χ4n) is 1.69. The maximum atomic E-state index is 12.7. The van der Waals surface area contributed by atoms with Gasteiger partial charge in [0.05, 0.1) is 5.56 Å². The van der Waals surface area contributed by atoms with E-state index >= 15 is 0 Å². The molecule has 0 radical (unpaired) electrons. The summed E-state index contributed by atoms with van der Waals surface area (Å²) in [6.07, 6.45) is -1.59. The van der Waals surface area contributed by atoms with Gasteiger partial charge >= 0.3 is 12.1 Å². The molecule has 6 heteroatoms. The van der Waals surface area contributed by atoms with E-state index in [0.717, 1.165) is 23.5 Å². The molecule has 0 spiro atoms. The van der Waals surface area contributed by atoms with Crippen LogP contribution in [0.25, 0.3) is 0 Å². The third-order valence-electron chi connectivity index (χ3n) is 2.61. The van der Waals surface area contributed by atoms with Crippen LogP contribution >= 0.6 is 0 Å². The predicted molar refractivity (Wildman–Crippen MR) is 49.1 cm³/mol. The summed E-state index contributed by atoms with van der Waals surface area (Å²) < 4.78 is 39.1. The molecule has 0 amide bonds. The van der Waals surface area contributed by atoms with Crippen LogP contribution in [0.15, 0.2) is 12.3 Å². The lowest BCUT2D eigenvalue weighted by molar-refractivity contribution is -0.144. The number of rotatable bonds is 3. The summed E-state index contributed by atoms with van der Waals surface area (Å²) in [5.74, 6) is -1.28. The van der Waals surface area contributed by atoms with Gasteiger partial charge in [-0.3, -0.25) is 0 Å². The molecule has 1 aromatic rings. The molecule has 1 saturated carbocycles. The number of aromatic nitrogens is 1. The van der Waals surface area contributed by atoms with Gasteiger partial charge in [-0.15, -0.1) is 0 Å². The lowest BCUT2D eigenvalue weighted by Crippen LogP contribution is -2.18. The average Bonchev–Trinajstić information content (AvgIpc) is 2.79. The number of halogens is 3. The second-order valence-corrected chi connectivity index (χ2v) is 3.98. The largest absolute Gasteiger partial charge is 0.478 e. The number of carbonyl (C=O) groups is 1. The monoisotopic (exact) mass is 233 g/mol. The Balaban J connectivity index is 2.40. The molecule has 0 atom stereocenters. The average molecular weight is 233 g/mol. The van der Waals surface area contributed by atoms with Crippen LogP contribution in [0, 0.1) is 5.92 Å². The van der Waals surface area contributed by atoms with Gasteiger partial charge in [-0.1, -0.05) is 0 Å². The van der Waals surface area contributed by atoms with E-state index in [1.54, 1.807) is 0 Å². The molecule has 88 valence electrons. The van der Waals surface area contributed by atoms with Gasteiger partial charge in [-0.05, 0) is 24.8 Å². The van der Waals surface area contributed by atoms with Gasteiger partial charge in [0, 0.05) is 12.7 Å². The Morgan fingerprint density at radius 3 is 2.56 bits per heavy atom. The fraction of sp³-hybridized carbons (Fsp3) is 0.500. The van der Waals surface area contributed by atoms with E-state index in [1.165, 1.54) is 6.20 Å². The summed E-state index contributed by atoms with van der Waals surface area (Å²) in [7, 11) is 0. The zero-order valence-electron chi connectivity index (χ0n) is 8.29. The molecule has 0 unspecified atom stereocenters. The summed E-state index contributed by atoms with van der Waals surface area (Å²) in [6, 6.07) is 1.01. The summed E-state index contributed by atoms with van der Waals surface area (Å²) in [4.78, 5) is 10.7. The molecular formula is C10H10F3NO2. The molecule has 2 rings (SSSR count). The van der Waals surface area contributed by atoms with Crippen molar-refractivity contribution in [3.8, 4) is 0 Å². The molecule has 0 aliphatic heterocycles. The van der Waals surface area contributed by atoms with Crippen molar-refractivity contribution < 1.29 is 23.1 Å². The van der Waals surface area contributed by atoms with Gasteiger partial charge < -0.3 is 9.67 Å². The van der Waals surface area contributed by atoms with Crippen molar-refractivity contribution >= 4 is 5.97 Å². The number of hydrogen-bond donors (Lipinski definition) is 1. The van der Waals surface area contributed by atoms with Crippen molar-refractivity contribution in [2.24, 2.45) is 5.92 Å². The van der Waals surface area contributed by atoms with E-state index in [0.29, 0.717) is 0 Å². The second-order valence-electron chi connectivity index (χ2n) is 3.98. The van der Waals surface area contributed by atoms with Crippen LogP contribution in [0.3, 0.4) is 0 Å². The van der Waals surface area contributed by atoms with Gasteiger partial charge in [-0.25, -0.2) is 4.79 Å². The predicted octanol–water partition coefficient (Wildman–Crippen LogP) is 2.62. The number of aromatic carboxylic acids is 1. The number of nitrogens with zero attached hydrogens (tertiary/aromatic N) is 1. The molecular weight excluding hydrogens is 223 g/mol. The zero-order chi connectivity index (χ0) is 11.9. The maximum Gasteiger partial charge on any atom is 0.432 e. The SMILES string of the molecule is O=C(O)c1ccn(CC2CC2)c1C(F)(F)F. The standard InChI is InChI=1S/C10H10F3NO2/c11-10(12,13)8-7(9(15)16)3-4-14(8)5-6-1-2-6/h3-4,6H,1-2,5H2,(H,15,16). The van der Waals surface area contributed by atoms with E-state index in [2.05, 4.69) is 0 Å². The van der Waals surface area contributed by atoms with E-state index in [1.807, 2.05) is 0 Å². The highest BCUT2D eigenvalue weighted by Gasteiger charge is 2.40. The minimum Gasteiger partial charge on any atom is -0.478 e. The zero-order valence-corrected chi connectivity index (χ0v) is 8.29. The quantitative estimate of drug-likeness (QED) is 0.871. The second kappa shape index (κ2) is 3.54. The Morgan fingerprint density at radius 2 is 2.12 bits per heavy atom. The molecule has 1 aliphatic carbocycles. The van der Waals surface area contributed by atoms with E-state index in [9.17, 15) is 18.0 Å². The maximum absolute atomic E-state index is 12.7. The number of alkyl halides is 3. The van der Waals surface area contributed by atoms with Crippen molar-refractivity contribution in [3.05, 3.63) is 23.5 Å². The molecule has 0 saturated heterocycles. The number of carboxylic acid groups (broad SMARTS) is 1. The number of carboxylic acids is 1. The normalized spacial score (nSPS) is 16.4. The van der Waals surface area contributed by atoms with E-state index < -0.39 is 23.4 Å². The Kier molecular flexibility index (Phi) is 2.44. The van der Waals surface area contributed by atoms with E-state index in [4.69, 9.17) is 5.11 Å². The molecule has 16 heavy (non-hydrogen) atoms. The van der Waals surface area contributed by atoms with Gasteiger partial charge in [0.1, 0.15) is 5.69 Å². The van der Waals surface area contributed by atoms with Crippen LogP contribution in [0.2, 0.25) is 0 Å². The van der Waals surface area contributed by atoms with Gasteiger partial charge in [-0.2, -0.15) is 13.2 Å². The lowest BCUT2D eigenvalue weighted by Gasteiger charge is -2.12. The van der Waals surface area contributed by atoms with Crippen molar-refractivity contribution in [2.45, 2.75) is 25.6 Å². The molecule has 1 N–H and O–H groups in total. The fourth-order valence-corrected chi connectivity index (χ4v) is 1.69. The third kappa shape index (κ3) is 2.05. The van der Waals surface area contributed by atoms with Crippen LogP contribution in [0.5, 0.6) is 0 Å². The summed E-state index contributed by atoms with van der Waals surface area (Å²) in [6.45, 7) is 0.252. The highest BCUT2D eigenvalue weighted by molar-refractivity contribution is 5.89. The molecule has 1 aliphatic rings. The smallest absolute Gasteiger partial charge is 0.432 e. The lowest BCUT2D eigenvalue weighted by atomic mass is 10.2. The molecule has 0 bridgehead atoms. The van der Waals surface area contributed by atoms with Crippen molar-refractivity contribution in [2.75, 3.05) is 0 Å². The Bertz CT molecular complexity index is 418. The van der Waals surface area contributed by atoms with Crippen LogP contribution in [0.4, 0.5) is 13.2 Å². The summed E-state index contributed by atoms with van der Waals surface area (Å²) in [5, 5.41) is 8.68. The van der Waals surface area contributed by atoms with Gasteiger partial charge in [0.25, 0.3) is 0 Å².